The van der Waals surface area contributed by atoms with Crippen molar-refractivity contribution in [2.24, 2.45) is 7.05 Å². The first kappa shape index (κ1) is 20.6. The van der Waals surface area contributed by atoms with E-state index in [9.17, 15) is 0 Å². The van der Waals surface area contributed by atoms with Gasteiger partial charge in [0.15, 0.2) is 6.20 Å². The van der Waals surface area contributed by atoms with Crippen molar-refractivity contribution in [3.63, 3.8) is 0 Å². The molecule has 0 spiro atoms. The molecule has 2 aromatic carbocycles. The molecule has 0 atom stereocenters. The summed E-state index contributed by atoms with van der Waals surface area (Å²) >= 11 is 0. The standard InChI is InChI=1S/C27H36N/c1-8-27(9-2,10-3)24-16-15-21(26(4,5)6)19-23(24)25-22-14-12-11-13-20(22)17-18-28(25)7/h11-19H,8-10H2,1-7H3/q+1. The van der Waals surface area contributed by atoms with E-state index in [0.717, 1.165) is 19.3 Å². The Balaban J connectivity index is 2.44. The van der Waals surface area contributed by atoms with Gasteiger partial charge in [-0.2, -0.15) is 0 Å². The summed E-state index contributed by atoms with van der Waals surface area (Å²) in [6.45, 7) is 14.0. The van der Waals surface area contributed by atoms with Gasteiger partial charge in [-0.05, 0) is 58.7 Å². The van der Waals surface area contributed by atoms with E-state index in [1.54, 1.807) is 0 Å². The van der Waals surface area contributed by atoms with E-state index >= 15 is 0 Å². The molecule has 1 heterocycles. The third-order valence-electron chi connectivity index (χ3n) is 6.79. The zero-order valence-electron chi connectivity index (χ0n) is 18.8. The van der Waals surface area contributed by atoms with E-state index in [2.05, 4.69) is 108 Å². The quantitative estimate of drug-likeness (QED) is 0.419. The first-order chi connectivity index (χ1) is 13.3. The van der Waals surface area contributed by atoms with Gasteiger partial charge in [-0.1, -0.05) is 71.9 Å². The van der Waals surface area contributed by atoms with E-state index in [1.165, 1.54) is 33.2 Å². The fourth-order valence-electron chi connectivity index (χ4n) is 4.64. The fourth-order valence-corrected chi connectivity index (χ4v) is 4.64. The van der Waals surface area contributed by atoms with Crippen molar-refractivity contribution < 1.29 is 4.57 Å². The molecular formula is C27H36N+. The molecule has 0 aliphatic rings. The lowest BCUT2D eigenvalue weighted by atomic mass is 9.70. The number of rotatable bonds is 5. The van der Waals surface area contributed by atoms with Crippen molar-refractivity contribution in [1.82, 2.24) is 0 Å². The summed E-state index contributed by atoms with van der Waals surface area (Å²) < 4.78 is 2.30. The van der Waals surface area contributed by atoms with Crippen molar-refractivity contribution in [1.29, 1.82) is 0 Å². The van der Waals surface area contributed by atoms with Crippen LogP contribution in [0.5, 0.6) is 0 Å². The zero-order valence-corrected chi connectivity index (χ0v) is 18.8. The highest BCUT2D eigenvalue weighted by molar-refractivity contribution is 5.93. The van der Waals surface area contributed by atoms with E-state index in [-0.39, 0.29) is 10.8 Å². The summed E-state index contributed by atoms with van der Waals surface area (Å²) in [4.78, 5) is 0. The molecule has 0 N–H and O–H groups in total. The normalized spacial score (nSPS) is 12.5. The lowest BCUT2D eigenvalue weighted by molar-refractivity contribution is -0.659. The van der Waals surface area contributed by atoms with Crippen LogP contribution in [0.3, 0.4) is 0 Å². The zero-order chi connectivity index (χ0) is 20.5. The summed E-state index contributed by atoms with van der Waals surface area (Å²) in [6.07, 6.45) is 5.69. The Kier molecular flexibility index (Phi) is 5.66. The van der Waals surface area contributed by atoms with Crippen LogP contribution in [0.2, 0.25) is 0 Å². The van der Waals surface area contributed by atoms with Crippen LogP contribution in [0, 0.1) is 0 Å². The lowest BCUT2D eigenvalue weighted by Gasteiger charge is -2.34. The van der Waals surface area contributed by atoms with E-state index in [1.807, 2.05) is 0 Å². The maximum atomic E-state index is 2.47. The number of hydrogen-bond donors (Lipinski definition) is 0. The highest BCUT2D eigenvalue weighted by Crippen LogP contribution is 2.43. The Morgan fingerprint density at radius 3 is 2.07 bits per heavy atom. The topological polar surface area (TPSA) is 3.88 Å². The number of hydrogen-bond acceptors (Lipinski definition) is 0. The van der Waals surface area contributed by atoms with Gasteiger partial charge < -0.3 is 0 Å². The first-order valence-electron chi connectivity index (χ1n) is 10.8. The average molecular weight is 375 g/mol. The van der Waals surface area contributed by atoms with Crippen molar-refractivity contribution in [2.75, 3.05) is 0 Å². The Bertz CT molecular complexity index is 963. The maximum Gasteiger partial charge on any atom is 0.220 e. The lowest BCUT2D eigenvalue weighted by Crippen LogP contribution is -2.33. The minimum Gasteiger partial charge on any atom is -0.200 e. The van der Waals surface area contributed by atoms with Crippen LogP contribution in [0.4, 0.5) is 0 Å². The van der Waals surface area contributed by atoms with Crippen molar-refractivity contribution in [3.05, 3.63) is 65.9 Å². The van der Waals surface area contributed by atoms with Gasteiger partial charge in [0.25, 0.3) is 0 Å². The summed E-state index contributed by atoms with van der Waals surface area (Å²) in [5.41, 5.74) is 5.98. The first-order valence-corrected chi connectivity index (χ1v) is 10.8. The second-order valence-electron chi connectivity index (χ2n) is 9.21. The maximum absolute atomic E-state index is 2.47. The van der Waals surface area contributed by atoms with Gasteiger partial charge in [0, 0.05) is 6.07 Å². The molecular weight excluding hydrogens is 338 g/mol. The number of nitrogens with zero attached hydrogens (tertiary/aromatic N) is 1. The highest BCUT2D eigenvalue weighted by atomic mass is 14.9. The molecule has 0 unspecified atom stereocenters. The SMILES string of the molecule is CCC(CC)(CC)c1ccc(C(C)(C)C)cc1-c1c2ccccc2cc[n+]1C. The highest BCUT2D eigenvalue weighted by Gasteiger charge is 2.32. The van der Waals surface area contributed by atoms with Crippen LogP contribution in [0.25, 0.3) is 22.0 Å². The summed E-state index contributed by atoms with van der Waals surface area (Å²) in [5, 5.41) is 2.63. The molecule has 0 saturated carbocycles. The third kappa shape index (κ3) is 3.48. The minimum atomic E-state index is 0.129. The van der Waals surface area contributed by atoms with Crippen LogP contribution < -0.4 is 4.57 Å². The van der Waals surface area contributed by atoms with E-state index in [4.69, 9.17) is 0 Å². The average Bonchev–Trinajstić information content (AvgIpc) is 2.69. The molecule has 0 bridgehead atoms. The Morgan fingerprint density at radius 1 is 0.821 bits per heavy atom. The molecule has 0 saturated heterocycles. The number of benzene rings is 2. The fraction of sp³-hybridized carbons (Fsp3) is 0.444. The van der Waals surface area contributed by atoms with Crippen LogP contribution in [0.1, 0.15) is 71.9 Å². The van der Waals surface area contributed by atoms with Crippen molar-refractivity contribution in [3.8, 4) is 11.3 Å². The van der Waals surface area contributed by atoms with Crippen molar-refractivity contribution in [2.45, 2.75) is 71.6 Å². The Morgan fingerprint density at radius 2 is 1.46 bits per heavy atom. The summed E-state index contributed by atoms with van der Waals surface area (Å²) in [7, 11) is 2.18. The van der Waals surface area contributed by atoms with Gasteiger partial charge in [-0.3, -0.25) is 0 Å². The predicted octanol–water partition coefficient (Wildman–Crippen LogP) is 7.10. The second-order valence-corrected chi connectivity index (χ2v) is 9.21. The van der Waals surface area contributed by atoms with Crippen LogP contribution in [-0.2, 0) is 17.9 Å². The van der Waals surface area contributed by atoms with Crippen LogP contribution >= 0.6 is 0 Å². The van der Waals surface area contributed by atoms with Crippen LogP contribution in [0.15, 0.2) is 54.7 Å². The molecule has 28 heavy (non-hydrogen) atoms. The Labute approximate surface area is 171 Å². The van der Waals surface area contributed by atoms with Gasteiger partial charge in [-0.15, -0.1) is 0 Å². The number of fused-ring (bicyclic) bond motifs is 1. The molecule has 1 heteroatoms. The molecule has 148 valence electrons. The summed E-state index contributed by atoms with van der Waals surface area (Å²) in [6, 6.07) is 18.3. The number of aromatic nitrogens is 1. The largest absolute Gasteiger partial charge is 0.220 e. The smallest absolute Gasteiger partial charge is 0.200 e. The molecule has 0 aliphatic carbocycles. The van der Waals surface area contributed by atoms with E-state index < -0.39 is 0 Å². The van der Waals surface area contributed by atoms with Crippen molar-refractivity contribution >= 4 is 10.8 Å². The molecule has 0 fully saturated rings. The Hall–Kier alpha value is -2.15. The monoisotopic (exact) mass is 374 g/mol. The van der Waals surface area contributed by atoms with E-state index in [0.29, 0.717) is 0 Å². The molecule has 0 amide bonds. The van der Waals surface area contributed by atoms with Crippen LogP contribution in [-0.4, -0.2) is 0 Å². The van der Waals surface area contributed by atoms with Gasteiger partial charge >= 0.3 is 0 Å². The predicted molar refractivity (Wildman–Crippen MR) is 122 cm³/mol. The minimum absolute atomic E-state index is 0.129. The molecule has 1 nitrogen and oxygen atoms in total. The second kappa shape index (κ2) is 7.70. The molecule has 3 aromatic rings. The third-order valence-corrected chi connectivity index (χ3v) is 6.79. The number of pyridine rings is 1. The number of aryl methyl sites for hydroxylation is 1. The summed E-state index contributed by atoms with van der Waals surface area (Å²) in [5.74, 6) is 0. The molecule has 1 aromatic heterocycles. The molecule has 0 radical (unpaired) electrons. The molecule has 3 rings (SSSR count). The van der Waals surface area contributed by atoms with Gasteiger partial charge in [0.2, 0.25) is 5.69 Å². The van der Waals surface area contributed by atoms with Gasteiger partial charge in [0.1, 0.15) is 7.05 Å². The van der Waals surface area contributed by atoms with Gasteiger partial charge in [0.05, 0.1) is 10.9 Å². The van der Waals surface area contributed by atoms with Gasteiger partial charge in [-0.25, -0.2) is 4.57 Å². The molecule has 0 aliphatic heterocycles.